The van der Waals surface area contributed by atoms with Crippen LogP contribution in [0, 0.1) is 5.41 Å². The molecule has 17 heavy (non-hydrogen) atoms. The van der Waals surface area contributed by atoms with Crippen LogP contribution in [0.4, 0.5) is 0 Å². The highest BCUT2D eigenvalue weighted by Crippen LogP contribution is 2.22. The summed E-state index contributed by atoms with van der Waals surface area (Å²) < 4.78 is 0. The summed E-state index contributed by atoms with van der Waals surface area (Å²) in [6, 6.07) is 0.319. The lowest BCUT2D eigenvalue weighted by molar-refractivity contribution is 0.196. The second-order valence-electron chi connectivity index (χ2n) is 5.40. The number of rotatable bonds is 6. The third-order valence-electron chi connectivity index (χ3n) is 2.89. The Bertz CT molecular complexity index is 330. The first-order valence-corrected chi connectivity index (χ1v) is 7.12. The number of hydrogen-bond donors (Lipinski definition) is 2. The van der Waals surface area contributed by atoms with Crippen molar-refractivity contribution in [1.82, 2.24) is 10.3 Å². The second-order valence-corrected chi connectivity index (χ2v) is 6.34. The third-order valence-corrected chi connectivity index (χ3v) is 3.94. The van der Waals surface area contributed by atoms with Crippen molar-refractivity contribution in [3.63, 3.8) is 0 Å². The van der Waals surface area contributed by atoms with Crippen molar-refractivity contribution in [3.8, 4) is 0 Å². The molecule has 0 aliphatic rings. The van der Waals surface area contributed by atoms with Gasteiger partial charge in [-0.2, -0.15) is 0 Å². The van der Waals surface area contributed by atoms with E-state index in [1.54, 1.807) is 11.3 Å². The van der Waals surface area contributed by atoms with Crippen LogP contribution in [0.5, 0.6) is 0 Å². The van der Waals surface area contributed by atoms with E-state index in [9.17, 15) is 0 Å². The molecule has 1 rings (SSSR count). The molecule has 1 aromatic heterocycles. The van der Waals surface area contributed by atoms with Crippen molar-refractivity contribution in [1.29, 1.82) is 0 Å². The zero-order valence-electron chi connectivity index (χ0n) is 11.3. The molecule has 1 unspecified atom stereocenters. The van der Waals surface area contributed by atoms with Crippen LogP contribution in [0.15, 0.2) is 5.38 Å². The second kappa shape index (κ2) is 6.47. The van der Waals surface area contributed by atoms with E-state index >= 15 is 0 Å². The number of thiazole rings is 1. The molecule has 1 atom stereocenters. The van der Waals surface area contributed by atoms with E-state index in [4.69, 9.17) is 5.11 Å². The van der Waals surface area contributed by atoms with Crippen LogP contribution in [0.25, 0.3) is 0 Å². The van der Waals surface area contributed by atoms with Crippen molar-refractivity contribution >= 4 is 11.3 Å². The molecule has 0 spiro atoms. The highest BCUT2D eigenvalue weighted by molar-refractivity contribution is 7.09. The van der Waals surface area contributed by atoms with Crippen LogP contribution in [0.2, 0.25) is 0 Å². The normalized spacial score (nSPS) is 13.9. The van der Waals surface area contributed by atoms with E-state index in [0.717, 1.165) is 25.1 Å². The monoisotopic (exact) mass is 256 g/mol. The fourth-order valence-electron chi connectivity index (χ4n) is 1.79. The van der Waals surface area contributed by atoms with Gasteiger partial charge in [-0.3, -0.25) is 0 Å². The summed E-state index contributed by atoms with van der Waals surface area (Å²) in [7, 11) is 0. The van der Waals surface area contributed by atoms with Crippen LogP contribution in [-0.4, -0.2) is 22.7 Å². The van der Waals surface area contributed by atoms with Crippen molar-refractivity contribution in [3.05, 3.63) is 16.1 Å². The Morgan fingerprint density at radius 3 is 2.65 bits per heavy atom. The average Bonchev–Trinajstić information content (AvgIpc) is 2.70. The van der Waals surface area contributed by atoms with Crippen molar-refractivity contribution < 1.29 is 5.11 Å². The van der Waals surface area contributed by atoms with Gasteiger partial charge in [-0.15, -0.1) is 11.3 Å². The van der Waals surface area contributed by atoms with Gasteiger partial charge in [0.2, 0.25) is 0 Å². The number of nitrogens with one attached hydrogen (secondary N) is 1. The standard InChI is InChI=1S/C13H24N2OS/c1-5-12-15-10(9-17-12)8-14-11(6-7-16)13(2,3)4/h9,11,14,16H,5-8H2,1-4H3. The number of aryl methyl sites for hydroxylation is 1. The van der Waals surface area contributed by atoms with Crippen LogP contribution >= 0.6 is 11.3 Å². The highest BCUT2D eigenvalue weighted by Gasteiger charge is 2.23. The fraction of sp³-hybridized carbons (Fsp3) is 0.769. The summed E-state index contributed by atoms with van der Waals surface area (Å²) >= 11 is 1.72. The van der Waals surface area contributed by atoms with E-state index < -0.39 is 0 Å². The minimum Gasteiger partial charge on any atom is -0.396 e. The summed E-state index contributed by atoms with van der Waals surface area (Å²) in [5.41, 5.74) is 1.27. The van der Waals surface area contributed by atoms with Crippen molar-refractivity contribution in [2.24, 2.45) is 5.41 Å². The predicted molar refractivity (Wildman–Crippen MR) is 73.3 cm³/mol. The Morgan fingerprint density at radius 1 is 1.47 bits per heavy atom. The molecular formula is C13H24N2OS. The van der Waals surface area contributed by atoms with E-state index in [1.165, 1.54) is 5.01 Å². The van der Waals surface area contributed by atoms with Gasteiger partial charge in [0.15, 0.2) is 0 Å². The van der Waals surface area contributed by atoms with Gasteiger partial charge in [0.1, 0.15) is 0 Å². The van der Waals surface area contributed by atoms with Crippen LogP contribution < -0.4 is 5.32 Å². The summed E-state index contributed by atoms with van der Waals surface area (Å²) in [6.07, 6.45) is 1.79. The predicted octanol–water partition coefficient (Wildman–Crippen LogP) is 2.59. The third kappa shape index (κ3) is 4.74. The number of hydrogen-bond acceptors (Lipinski definition) is 4. The Kier molecular flexibility index (Phi) is 5.56. The maximum Gasteiger partial charge on any atom is 0.0926 e. The van der Waals surface area contributed by atoms with Gasteiger partial charge in [-0.1, -0.05) is 27.7 Å². The first kappa shape index (κ1) is 14.6. The van der Waals surface area contributed by atoms with Gasteiger partial charge in [-0.05, 0) is 18.3 Å². The van der Waals surface area contributed by atoms with Gasteiger partial charge in [0.05, 0.1) is 10.7 Å². The quantitative estimate of drug-likeness (QED) is 0.822. The summed E-state index contributed by atoms with van der Waals surface area (Å²) in [6.45, 7) is 9.72. The van der Waals surface area contributed by atoms with Crippen LogP contribution in [0.1, 0.15) is 44.8 Å². The molecule has 0 amide bonds. The maximum atomic E-state index is 9.09. The molecule has 1 aromatic rings. The molecular weight excluding hydrogens is 232 g/mol. The molecule has 98 valence electrons. The van der Waals surface area contributed by atoms with Crippen molar-refractivity contribution in [2.75, 3.05) is 6.61 Å². The van der Waals surface area contributed by atoms with E-state index in [0.29, 0.717) is 6.04 Å². The lowest BCUT2D eigenvalue weighted by atomic mass is 9.85. The summed E-state index contributed by atoms with van der Waals surface area (Å²) in [5.74, 6) is 0. The maximum absolute atomic E-state index is 9.09. The van der Waals surface area contributed by atoms with Crippen molar-refractivity contribution in [2.45, 2.75) is 53.1 Å². The first-order valence-electron chi connectivity index (χ1n) is 6.25. The first-order chi connectivity index (χ1) is 7.97. The highest BCUT2D eigenvalue weighted by atomic mass is 32.1. The number of aliphatic hydroxyl groups excluding tert-OH is 1. The Hall–Kier alpha value is -0.450. The SMILES string of the molecule is CCc1nc(CNC(CCO)C(C)(C)C)cs1. The van der Waals surface area contributed by atoms with Gasteiger partial charge >= 0.3 is 0 Å². The molecule has 0 aromatic carbocycles. The zero-order valence-corrected chi connectivity index (χ0v) is 12.1. The van der Waals surface area contributed by atoms with E-state index in [-0.39, 0.29) is 12.0 Å². The molecule has 2 N–H and O–H groups in total. The van der Waals surface area contributed by atoms with Gasteiger partial charge < -0.3 is 10.4 Å². The largest absolute Gasteiger partial charge is 0.396 e. The summed E-state index contributed by atoms with van der Waals surface area (Å²) in [4.78, 5) is 4.54. The molecule has 0 fully saturated rings. The number of nitrogens with zero attached hydrogens (tertiary/aromatic N) is 1. The molecule has 0 saturated carbocycles. The number of aromatic nitrogens is 1. The Morgan fingerprint density at radius 2 is 2.18 bits per heavy atom. The minimum atomic E-state index is 0.159. The molecule has 0 aliphatic carbocycles. The topological polar surface area (TPSA) is 45.2 Å². The van der Waals surface area contributed by atoms with E-state index in [2.05, 4.69) is 43.4 Å². The molecule has 0 radical (unpaired) electrons. The molecule has 0 saturated heterocycles. The molecule has 4 heteroatoms. The Labute approximate surface area is 108 Å². The minimum absolute atomic E-state index is 0.159. The smallest absolute Gasteiger partial charge is 0.0926 e. The molecule has 3 nitrogen and oxygen atoms in total. The lowest BCUT2D eigenvalue weighted by Gasteiger charge is -2.31. The average molecular weight is 256 g/mol. The van der Waals surface area contributed by atoms with E-state index in [1.807, 2.05) is 0 Å². The zero-order chi connectivity index (χ0) is 12.9. The molecule has 0 bridgehead atoms. The van der Waals surface area contributed by atoms with Crippen LogP contribution in [-0.2, 0) is 13.0 Å². The van der Waals surface area contributed by atoms with Gasteiger partial charge in [0, 0.05) is 24.6 Å². The molecule has 0 aliphatic heterocycles. The molecule has 1 heterocycles. The summed E-state index contributed by atoms with van der Waals surface area (Å²) in [5, 5.41) is 15.9. The van der Waals surface area contributed by atoms with Gasteiger partial charge in [0.25, 0.3) is 0 Å². The number of aliphatic hydroxyl groups is 1. The van der Waals surface area contributed by atoms with Gasteiger partial charge in [-0.25, -0.2) is 4.98 Å². The lowest BCUT2D eigenvalue weighted by Crippen LogP contribution is -2.40. The van der Waals surface area contributed by atoms with Crippen LogP contribution in [0.3, 0.4) is 0 Å². The Balaban J connectivity index is 2.51. The fourth-order valence-corrected chi connectivity index (χ4v) is 2.54.